The Labute approximate surface area is 299 Å². The molecular weight excluding hydrogens is 615 g/mol. The molecule has 0 saturated heterocycles. The van der Waals surface area contributed by atoms with Crippen LogP contribution in [0.3, 0.4) is 0 Å². The van der Waals surface area contributed by atoms with Crippen molar-refractivity contribution in [2.45, 2.75) is 97.6 Å². The lowest BCUT2D eigenvalue weighted by Gasteiger charge is -2.41. The number of benzene rings is 4. The van der Waals surface area contributed by atoms with Gasteiger partial charge in [-0.25, -0.2) is 9.98 Å². The number of hydrogen-bond donors (Lipinski definition) is 0. The molecule has 2 atom stereocenters. The highest BCUT2D eigenvalue weighted by Crippen LogP contribution is 2.53. The van der Waals surface area contributed by atoms with Gasteiger partial charge in [0.1, 0.15) is 23.4 Å². The van der Waals surface area contributed by atoms with Gasteiger partial charge in [-0.05, 0) is 119 Å². The van der Waals surface area contributed by atoms with Gasteiger partial charge in [-0.3, -0.25) is 4.90 Å². The Hall–Kier alpha value is -4.90. The number of fused-ring (bicyclic) bond motifs is 5. The number of aliphatic imine (C=N–C) groups is 1. The highest BCUT2D eigenvalue weighted by atomic mass is 16.5. The zero-order valence-corrected chi connectivity index (χ0v) is 30.6. The number of aryl methyl sites for hydroxylation is 1. The predicted octanol–water partition coefficient (Wildman–Crippen LogP) is 11.5. The largest absolute Gasteiger partial charge is 0.467 e. The quantitative estimate of drug-likeness (QED) is 0.188. The Bertz CT molecular complexity index is 2280. The van der Waals surface area contributed by atoms with Crippen LogP contribution in [0.25, 0.3) is 0 Å². The maximum Gasteiger partial charge on any atom is 0.217 e. The lowest BCUT2D eigenvalue weighted by molar-refractivity contribution is 0.209. The highest BCUT2D eigenvalue weighted by molar-refractivity contribution is 5.96. The van der Waals surface area contributed by atoms with Crippen LogP contribution in [0.5, 0.6) is 11.5 Å². The van der Waals surface area contributed by atoms with Crippen molar-refractivity contribution >= 4 is 23.1 Å². The van der Waals surface area contributed by atoms with Crippen LogP contribution in [0, 0.1) is 13.8 Å². The van der Waals surface area contributed by atoms with Crippen molar-refractivity contribution in [2.75, 3.05) is 4.90 Å². The first-order valence-corrected chi connectivity index (χ1v) is 17.7. The van der Waals surface area contributed by atoms with Crippen LogP contribution in [-0.4, -0.2) is 16.9 Å². The molecular formula is C45H47N3O2. The molecule has 0 spiro atoms. The number of para-hydroxylation sites is 1. The summed E-state index contributed by atoms with van der Waals surface area (Å²) in [5.74, 6) is 2.93. The van der Waals surface area contributed by atoms with E-state index in [1.807, 2.05) is 32.2 Å². The van der Waals surface area contributed by atoms with E-state index in [2.05, 4.69) is 126 Å². The van der Waals surface area contributed by atoms with Gasteiger partial charge in [-0.2, -0.15) is 0 Å². The van der Waals surface area contributed by atoms with Gasteiger partial charge in [0.25, 0.3) is 0 Å². The van der Waals surface area contributed by atoms with Crippen LogP contribution in [0.2, 0.25) is 0 Å². The zero-order chi connectivity index (χ0) is 36.9. The van der Waals surface area contributed by atoms with E-state index in [0.717, 1.165) is 50.6 Å². The van der Waals surface area contributed by atoms with Gasteiger partial charge in [0, 0.05) is 26.0 Å². The highest BCUT2D eigenvalue weighted by Gasteiger charge is 2.41. The van der Waals surface area contributed by atoms with Gasteiger partial charge >= 0.3 is 0 Å². The number of aromatic nitrogens is 1. The Morgan fingerprint density at radius 2 is 1.68 bits per heavy atom. The molecule has 0 radical (unpaired) electrons. The summed E-state index contributed by atoms with van der Waals surface area (Å²) in [6.07, 6.45) is -0.185. The number of rotatable bonds is 5. The van der Waals surface area contributed by atoms with Gasteiger partial charge in [0.2, 0.25) is 5.90 Å². The van der Waals surface area contributed by atoms with E-state index >= 15 is 0 Å². The van der Waals surface area contributed by atoms with Crippen LogP contribution in [-0.2, 0) is 21.9 Å². The summed E-state index contributed by atoms with van der Waals surface area (Å²) < 4.78 is 31.5. The molecule has 5 aromatic rings. The van der Waals surface area contributed by atoms with Crippen LogP contribution < -0.4 is 9.64 Å². The van der Waals surface area contributed by atoms with Crippen LogP contribution in [0.1, 0.15) is 113 Å². The fourth-order valence-corrected chi connectivity index (χ4v) is 7.59. The zero-order valence-electron chi connectivity index (χ0n) is 32.6. The summed E-state index contributed by atoms with van der Waals surface area (Å²) in [5.41, 5.74) is 11.0. The lowest BCUT2D eigenvalue weighted by atomic mass is 9.73. The Balaban J connectivity index is 1.19. The minimum Gasteiger partial charge on any atom is -0.467 e. The van der Waals surface area contributed by atoms with E-state index in [1.54, 1.807) is 0 Å². The molecule has 0 saturated carbocycles. The van der Waals surface area contributed by atoms with Crippen molar-refractivity contribution in [3.8, 4) is 11.5 Å². The van der Waals surface area contributed by atoms with Crippen molar-refractivity contribution in [3.05, 3.63) is 141 Å². The Morgan fingerprint density at radius 1 is 0.900 bits per heavy atom. The second-order valence-electron chi connectivity index (χ2n) is 15.9. The van der Waals surface area contributed by atoms with E-state index in [4.69, 9.17) is 22.2 Å². The molecule has 5 nitrogen and oxygen atoms in total. The minimum absolute atomic E-state index is 0.0324. The molecule has 2 aliphatic heterocycles. The minimum atomic E-state index is -1.63. The second kappa shape index (κ2) is 11.6. The summed E-state index contributed by atoms with van der Waals surface area (Å²) in [6.45, 7) is 19.6. The molecule has 3 heterocycles. The first-order chi connectivity index (χ1) is 24.6. The van der Waals surface area contributed by atoms with Crippen molar-refractivity contribution in [1.82, 2.24) is 4.98 Å². The van der Waals surface area contributed by atoms with Crippen LogP contribution in [0.15, 0.2) is 96.1 Å². The van der Waals surface area contributed by atoms with Gasteiger partial charge in [-0.1, -0.05) is 84.9 Å². The molecule has 0 N–H and O–H groups in total. The average molecular weight is 664 g/mol. The average Bonchev–Trinajstić information content (AvgIpc) is 3.63. The molecule has 0 amide bonds. The fraction of sp³-hybridized carbons (Fsp3) is 0.333. The van der Waals surface area contributed by atoms with Crippen molar-refractivity contribution in [3.63, 3.8) is 0 Å². The van der Waals surface area contributed by atoms with Gasteiger partial charge in [0.05, 0.1) is 17.4 Å². The smallest absolute Gasteiger partial charge is 0.217 e. The van der Waals surface area contributed by atoms with Crippen molar-refractivity contribution in [1.29, 1.82) is 0 Å². The number of hydrogen-bond acceptors (Lipinski definition) is 5. The van der Waals surface area contributed by atoms with Crippen LogP contribution in [0.4, 0.5) is 17.2 Å². The number of ether oxygens (including phenoxy) is 2. The van der Waals surface area contributed by atoms with Crippen LogP contribution >= 0.6 is 0 Å². The van der Waals surface area contributed by atoms with E-state index in [-0.39, 0.29) is 16.7 Å². The SMILES string of the molecule is [2H]C1([2H])c2c(ccc(C)c2C)[C@@H]2OC(c3cc(Oc4ccc5c(c4)N(c4cc(C(C)(C)C)ccn4)c4ccccc4C5(C)C)cc(C(C)C)c3)=N[C@@H]21. The van der Waals surface area contributed by atoms with E-state index in [0.29, 0.717) is 17.4 Å². The third-order valence-electron chi connectivity index (χ3n) is 10.8. The molecule has 0 fully saturated rings. The molecule has 0 unspecified atom stereocenters. The summed E-state index contributed by atoms with van der Waals surface area (Å²) in [4.78, 5) is 12.1. The molecule has 1 aromatic heterocycles. The maximum absolute atomic E-state index is 9.10. The fourth-order valence-electron chi connectivity index (χ4n) is 7.59. The van der Waals surface area contributed by atoms with Gasteiger partial charge in [-0.15, -0.1) is 0 Å². The first-order valence-electron chi connectivity index (χ1n) is 18.7. The molecule has 254 valence electrons. The number of pyridine rings is 1. The Morgan fingerprint density at radius 3 is 2.46 bits per heavy atom. The number of anilines is 3. The Kier molecular flexibility index (Phi) is 6.94. The first kappa shape index (κ1) is 30.0. The molecule has 1 aliphatic carbocycles. The van der Waals surface area contributed by atoms with E-state index < -0.39 is 18.5 Å². The maximum atomic E-state index is 9.10. The third kappa shape index (κ3) is 5.30. The molecule has 50 heavy (non-hydrogen) atoms. The molecule has 4 aromatic carbocycles. The van der Waals surface area contributed by atoms with Crippen molar-refractivity contribution in [2.24, 2.45) is 4.99 Å². The summed E-state index contributed by atoms with van der Waals surface area (Å²) in [6, 6.07) is 28.8. The van der Waals surface area contributed by atoms with E-state index in [9.17, 15) is 0 Å². The van der Waals surface area contributed by atoms with Gasteiger partial charge < -0.3 is 9.47 Å². The summed E-state index contributed by atoms with van der Waals surface area (Å²) in [7, 11) is 0. The second-order valence-corrected chi connectivity index (χ2v) is 15.9. The summed E-state index contributed by atoms with van der Waals surface area (Å²) in [5, 5.41) is 0. The standard InChI is InChI=1S/C45H47N3O2/c1-26(2)29-20-30(43-47-38-25-35-28(4)27(3)14-16-34(35)42(38)50-43)22-33(21-29)49-32-15-17-37-40(24-32)48(39-13-11-10-12-36(39)45(37,8)9)41-23-31(18-19-46-41)44(5,6)7/h10-24,26,38,42H,25H2,1-9H3/t38-,42+/m1/s1/i25D2. The summed E-state index contributed by atoms with van der Waals surface area (Å²) >= 11 is 0. The topological polar surface area (TPSA) is 47.0 Å². The number of nitrogens with zero attached hydrogens (tertiary/aromatic N) is 3. The predicted molar refractivity (Wildman–Crippen MR) is 204 cm³/mol. The monoisotopic (exact) mass is 663 g/mol. The normalized spacial score (nSPS) is 20.2. The molecule has 0 bridgehead atoms. The van der Waals surface area contributed by atoms with Crippen molar-refractivity contribution < 1.29 is 12.2 Å². The molecule has 3 aliphatic rings. The lowest BCUT2D eigenvalue weighted by Crippen LogP contribution is -2.31. The van der Waals surface area contributed by atoms with Gasteiger partial charge in [0.15, 0.2) is 0 Å². The third-order valence-corrected chi connectivity index (χ3v) is 10.8. The molecule has 8 rings (SSSR count). The van der Waals surface area contributed by atoms with E-state index in [1.165, 1.54) is 16.7 Å². The molecule has 5 heteroatoms.